The average molecular weight is 365 g/mol. The molecule has 0 aliphatic carbocycles. The highest BCUT2D eigenvalue weighted by atomic mass is 16.2. The number of fused-ring (bicyclic) bond motifs is 1. The van der Waals surface area contributed by atoms with Crippen LogP contribution < -0.4 is 10.6 Å². The summed E-state index contributed by atoms with van der Waals surface area (Å²) in [6, 6.07) is 9.24. The predicted octanol–water partition coefficient (Wildman–Crippen LogP) is 2.97. The number of unbranched alkanes of at least 4 members (excludes halogenated alkanes) is 2. The second-order valence-electron chi connectivity index (χ2n) is 6.33. The van der Waals surface area contributed by atoms with E-state index in [1.54, 1.807) is 22.9 Å². The molecular formula is C20H23N5O2. The molecule has 0 aliphatic rings. The fraction of sp³-hybridized carbons (Fsp3) is 0.300. The molecule has 0 aromatic carbocycles. The number of rotatable bonds is 8. The zero-order valence-corrected chi connectivity index (χ0v) is 15.3. The maximum Gasteiger partial charge on any atom is 0.270 e. The Morgan fingerprint density at radius 2 is 2.00 bits per heavy atom. The van der Waals surface area contributed by atoms with Crippen LogP contribution in [0.25, 0.3) is 5.65 Å². The number of anilines is 1. The first-order valence-corrected chi connectivity index (χ1v) is 9.07. The minimum Gasteiger partial charge on any atom is -0.351 e. The van der Waals surface area contributed by atoms with Crippen molar-refractivity contribution < 1.29 is 9.59 Å². The van der Waals surface area contributed by atoms with Gasteiger partial charge in [0.15, 0.2) is 0 Å². The van der Waals surface area contributed by atoms with Crippen molar-refractivity contribution in [1.29, 1.82) is 0 Å². The molecule has 0 bridgehead atoms. The maximum atomic E-state index is 12.4. The van der Waals surface area contributed by atoms with E-state index in [0.717, 1.165) is 24.9 Å². The summed E-state index contributed by atoms with van der Waals surface area (Å²) in [6.45, 7) is 2.41. The molecule has 0 saturated heterocycles. The van der Waals surface area contributed by atoms with E-state index in [1.807, 2.05) is 37.4 Å². The number of hydrogen-bond donors (Lipinski definition) is 2. The number of carbonyl (C=O) groups is 2. The lowest BCUT2D eigenvalue weighted by Crippen LogP contribution is -2.26. The van der Waals surface area contributed by atoms with Crippen LogP contribution in [0.2, 0.25) is 0 Å². The van der Waals surface area contributed by atoms with Gasteiger partial charge in [0.2, 0.25) is 5.91 Å². The van der Waals surface area contributed by atoms with Crippen LogP contribution in [0.15, 0.2) is 48.9 Å². The molecule has 140 valence electrons. The summed E-state index contributed by atoms with van der Waals surface area (Å²) in [5.41, 5.74) is 2.75. The number of amides is 2. The van der Waals surface area contributed by atoms with Gasteiger partial charge in [-0.05, 0) is 44.0 Å². The van der Waals surface area contributed by atoms with Gasteiger partial charge < -0.3 is 10.6 Å². The largest absolute Gasteiger partial charge is 0.351 e. The monoisotopic (exact) mass is 365 g/mol. The molecule has 0 radical (unpaired) electrons. The Bertz CT molecular complexity index is 921. The van der Waals surface area contributed by atoms with Crippen molar-refractivity contribution in [3.05, 3.63) is 60.3 Å². The summed E-state index contributed by atoms with van der Waals surface area (Å²) in [5, 5.41) is 5.75. The summed E-state index contributed by atoms with van der Waals surface area (Å²) >= 11 is 0. The summed E-state index contributed by atoms with van der Waals surface area (Å²) in [7, 11) is 0. The molecule has 7 nitrogen and oxygen atoms in total. The Balaban J connectivity index is 1.37. The van der Waals surface area contributed by atoms with Crippen molar-refractivity contribution in [2.24, 2.45) is 0 Å². The summed E-state index contributed by atoms with van der Waals surface area (Å²) in [6.07, 6.45) is 8.04. The van der Waals surface area contributed by atoms with Crippen LogP contribution in [0.4, 0.5) is 5.69 Å². The van der Waals surface area contributed by atoms with Gasteiger partial charge in [-0.25, -0.2) is 4.98 Å². The molecule has 27 heavy (non-hydrogen) atoms. The molecule has 2 amide bonds. The average Bonchev–Trinajstić information content (AvgIpc) is 3.01. The van der Waals surface area contributed by atoms with Gasteiger partial charge in [0, 0.05) is 25.4 Å². The fourth-order valence-electron chi connectivity index (χ4n) is 2.92. The Morgan fingerprint density at radius 3 is 2.81 bits per heavy atom. The van der Waals surface area contributed by atoms with Gasteiger partial charge in [0.1, 0.15) is 11.3 Å². The van der Waals surface area contributed by atoms with Crippen molar-refractivity contribution in [1.82, 2.24) is 19.7 Å². The van der Waals surface area contributed by atoms with Crippen LogP contribution in [-0.4, -0.2) is 32.7 Å². The second-order valence-corrected chi connectivity index (χ2v) is 6.33. The number of imidazole rings is 1. The quantitative estimate of drug-likeness (QED) is 0.601. The maximum absolute atomic E-state index is 12.4. The van der Waals surface area contributed by atoms with Gasteiger partial charge in [0.05, 0.1) is 17.6 Å². The van der Waals surface area contributed by atoms with Crippen LogP contribution in [0.1, 0.15) is 41.9 Å². The molecule has 0 saturated carbocycles. The Labute approximate surface area is 157 Å². The van der Waals surface area contributed by atoms with Crippen LogP contribution >= 0.6 is 0 Å². The first-order chi connectivity index (χ1) is 13.1. The molecular weight excluding hydrogens is 342 g/mol. The third-order valence-corrected chi connectivity index (χ3v) is 4.23. The smallest absolute Gasteiger partial charge is 0.270 e. The highest BCUT2D eigenvalue weighted by molar-refractivity contribution is 5.94. The van der Waals surface area contributed by atoms with E-state index in [4.69, 9.17) is 0 Å². The minimum absolute atomic E-state index is 0.0200. The number of aromatic nitrogens is 3. The number of pyridine rings is 2. The molecule has 3 heterocycles. The highest BCUT2D eigenvalue weighted by Gasteiger charge is 2.15. The molecule has 0 spiro atoms. The molecule has 2 N–H and O–H groups in total. The molecule has 7 heteroatoms. The van der Waals surface area contributed by atoms with Gasteiger partial charge >= 0.3 is 0 Å². The first kappa shape index (κ1) is 18.6. The number of hydrogen-bond acceptors (Lipinski definition) is 4. The van der Waals surface area contributed by atoms with Gasteiger partial charge in [-0.2, -0.15) is 0 Å². The van der Waals surface area contributed by atoms with Crippen LogP contribution in [0, 0.1) is 6.92 Å². The topological polar surface area (TPSA) is 88.4 Å². The summed E-state index contributed by atoms with van der Waals surface area (Å²) in [5.74, 6) is -0.145. The fourth-order valence-corrected chi connectivity index (χ4v) is 2.92. The van der Waals surface area contributed by atoms with Crippen molar-refractivity contribution in [2.45, 2.75) is 32.6 Å². The van der Waals surface area contributed by atoms with E-state index in [2.05, 4.69) is 20.6 Å². The lowest BCUT2D eigenvalue weighted by molar-refractivity contribution is -0.116. The van der Waals surface area contributed by atoms with E-state index in [9.17, 15) is 9.59 Å². The SMILES string of the molecule is Cc1nc2ccccn2c1C(=O)NCCCCCC(=O)Nc1cccnc1. The Kier molecular flexibility index (Phi) is 6.14. The van der Waals surface area contributed by atoms with Gasteiger partial charge in [0.25, 0.3) is 5.91 Å². The number of carbonyl (C=O) groups excluding carboxylic acids is 2. The Hall–Kier alpha value is -3.22. The van der Waals surface area contributed by atoms with E-state index in [0.29, 0.717) is 30.0 Å². The first-order valence-electron chi connectivity index (χ1n) is 9.07. The molecule has 0 aliphatic heterocycles. The van der Waals surface area contributed by atoms with Crippen molar-refractivity contribution in [3.63, 3.8) is 0 Å². The van der Waals surface area contributed by atoms with Gasteiger partial charge in [-0.3, -0.25) is 19.0 Å². The van der Waals surface area contributed by atoms with Crippen LogP contribution in [0.3, 0.4) is 0 Å². The van der Waals surface area contributed by atoms with Crippen molar-refractivity contribution in [3.8, 4) is 0 Å². The molecule has 0 atom stereocenters. The third kappa shape index (κ3) is 4.91. The second kappa shape index (κ2) is 8.93. The van der Waals surface area contributed by atoms with E-state index in [1.165, 1.54) is 0 Å². The van der Waals surface area contributed by atoms with Gasteiger partial charge in [-0.15, -0.1) is 0 Å². The molecule has 3 aromatic rings. The highest BCUT2D eigenvalue weighted by Crippen LogP contribution is 2.11. The number of nitrogens with one attached hydrogen (secondary N) is 2. The van der Waals surface area contributed by atoms with E-state index in [-0.39, 0.29) is 11.8 Å². The standard InChI is InChI=1S/C20H23N5O2/c1-15-19(25-13-6-4-9-17(25)23-15)20(27)22-12-5-2-3-10-18(26)24-16-8-7-11-21-14-16/h4,6-9,11,13-14H,2-3,5,10,12H2,1H3,(H,22,27)(H,24,26). The molecule has 3 rings (SSSR count). The molecule has 0 fully saturated rings. The van der Waals surface area contributed by atoms with E-state index < -0.39 is 0 Å². The van der Waals surface area contributed by atoms with E-state index >= 15 is 0 Å². The Morgan fingerprint density at radius 1 is 1.11 bits per heavy atom. The van der Waals surface area contributed by atoms with Crippen molar-refractivity contribution in [2.75, 3.05) is 11.9 Å². The van der Waals surface area contributed by atoms with Crippen LogP contribution in [0.5, 0.6) is 0 Å². The zero-order chi connectivity index (χ0) is 19.1. The minimum atomic E-state index is -0.125. The molecule has 3 aromatic heterocycles. The predicted molar refractivity (Wildman–Crippen MR) is 104 cm³/mol. The normalized spacial score (nSPS) is 10.7. The number of aryl methyl sites for hydroxylation is 1. The third-order valence-electron chi connectivity index (χ3n) is 4.23. The summed E-state index contributed by atoms with van der Waals surface area (Å²) in [4.78, 5) is 32.7. The van der Waals surface area contributed by atoms with Crippen molar-refractivity contribution >= 4 is 23.1 Å². The van der Waals surface area contributed by atoms with Crippen LogP contribution in [-0.2, 0) is 4.79 Å². The lowest BCUT2D eigenvalue weighted by Gasteiger charge is -2.07. The lowest BCUT2D eigenvalue weighted by atomic mass is 10.2. The zero-order valence-electron chi connectivity index (χ0n) is 15.3. The number of nitrogens with zero attached hydrogens (tertiary/aromatic N) is 3. The summed E-state index contributed by atoms with van der Waals surface area (Å²) < 4.78 is 1.80. The molecule has 0 unspecified atom stereocenters. The van der Waals surface area contributed by atoms with Gasteiger partial charge in [-0.1, -0.05) is 12.5 Å².